The van der Waals surface area contributed by atoms with Gasteiger partial charge in [0.15, 0.2) is 0 Å². The van der Waals surface area contributed by atoms with E-state index in [1.807, 2.05) is 18.2 Å². The van der Waals surface area contributed by atoms with E-state index in [1.54, 1.807) is 6.92 Å². The summed E-state index contributed by atoms with van der Waals surface area (Å²) in [6.07, 6.45) is 2.07. The summed E-state index contributed by atoms with van der Waals surface area (Å²) in [6.45, 7) is 7.03. The molecule has 0 fully saturated rings. The molecule has 0 saturated carbocycles. The van der Waals surface area contributed by atoms with Gasteiger partial charge in [-0.3, -0.25) is 4.79 Å². The van der Waals surface area contributed by atoms with Crippen LogP contribution in [0.25, 0.3) is 10.9 Å². The number of hydrogen-bond acceptors (Lipinski definition) is 1. The Morgan fingerprint density at radius 3 is 2.61 bits per heavy atom. The molecule has 1 aromatic heterocycles. The van der Waals surface area contributed by atoms with Gasteiger partial charge in [0.25, 0.3) is 0 Å². The van der Waals surface area contributed by atoms with Gasteiger partial charge in [-0.25, -0.2) is 0 Å². The summed E-state index contributed by atoms with van der Waals surface area (Å²) in [5, 5.41) is 10.2. The molecule has 0 aliphatic carbocycles. The molecule has 0 spiro atoms. The Bertz CT molecular complexity index is 569. The number of rotatable bonds is 4. The molecule has 0 aliphatic heterocycles. The average molecular weight is 245 g/mol. The molecule has 1 N–H and O–H groups in total. The van der Waals surface area contributed by atoms with Crippen LogP contribution in [0.4, 0.5) is 0 Å². The van der Waals surface area contributed by atoms with Gasteiger partial charge in [0.1, 0.15) is 0 Å². The number of aliphatic carboxylic acids is 1. The molecule has 0 radical (unpaired) electrons. The summed E-state index contributed by atoms with van der Waals surface area (Å²) < 4.78 is 2.19. The van der Waals surface area contributed by atoms with Crippen LogP contribution >= 0.6 is 0 Å². The molecule has 1 atom stereocenters. The van der Waals surface area contributed by atoms with Crippen molar-refractivity contribution in [3.63, 3.8) is 0 Å². The largest absolute Gasteiger partial charge is 0.481 e. The average Bonchev–Trinajstić information content (AvgIpc) is 2.70. The molecule has 3 heteroatoms. The molecule has 18 heavy (non-hydrogen) atoms. The second kappa shape index (κ2) is 4.84. The monoisotopic (exact) mass is 245 g/mol. The zero-order valence-electron chi connectivity index (χ0n) is 11.1. The van der Waals surface area contributed by atoms with Crippen LogP contribution in [0.2, 0.25) is 0 Å². The smallest absolute Gasteiger partial charge is 0.310 e. The van der Waals surface area contributed by atoms with Crippen molar-refractivity contribution < 1.29 is 9.90 Å². The lowest BCUT2D eigenvalue weighted by atomic mass is 10.0. The molecular formula is C15H19NO2. The lowest BCUT2D eigenvalue weighted by Crippen LogP contribution is -2.08. The van der Waals surface area contributed by atoms with E-state index in [0.29, 0.717) is 5.92 Å². The Morgan fingerprint density at radius 2 is 2.00 bits per heavy atom. The van der Waals surface area contributed by atoms with E-state index in [-0.39, 0.29) is 0 Å². The number of carboxylic acids is 1. The van der Waals surface area contributed by atoms with Crippen molar-refractivity contribution in [2.24, 2.45) is 5.92 Å². The minimum Gasteiger partial charge on any atom is -0.481 e. The van der Waals surface area contributed by atoms with Gasteiger partial charge in [-0.15, -0.1) is 0 Å². The van der Waals surface area contributed by atoms with Crippen molar-refractivity contribution in [2.45, 2.75) is 33.2 Å². The maximum absolute atomic E-state index is 11.0. The van der Waals surface area contributed by atoms with Crippen LogP contribution in [-0.4, -0.2) is 15.6 Å². The van der Waals surface area contributed by atoms with Gasteiger partial charge in [-0.1, -0.05) is 26.0 Å². The highest BCUT2D eigenvalue weighted by atomic mass is 16.4. The van der Waals surface area contributed by atoms with Crippen LogP contribution in [0, 0.1) is 5.92 Å². The summed E-state index contributed by atoms with van der Waals surface area (Å²) in [7, 11) is 0. The Labute approximate surface area is 107 Å². The van der Waals surface area contributed by atoms with Gasteiger partial charge >= 0.3 is 5.97 Å². The number of carbonyl (C=O) groups is 1. The first-order valence-electron chi connectivity index (χ1n) is 6.30. The predicted molar refractivity (Wildman–Crippen MR) is 72.8 cm³/mol. The van der Waals surface area contributed by atoms with Crippen LogP contribution in [0.5, 0.6) is 0 Å². The van der Waals surface area contributed by atoms with E-state index in [9.17, 15) is 4.79 Å². The molecular weight excluding hydrogens is 226 g/mol. The number of nitrogens with zero attached hydrogens (tertiary/aromatic N) is 1. The highest BCUT2D eigenvalue weighted by Gasteiger charge is 2.14. The molecule has 1 unspecified atom stereocenters. The summed E-state index contributed by atoms with van der Waals surface area (Å²) in [5.74, 6) is -0.672. The first kappa shape index (κ1) is 12.7. The second-order valence-electron chi connectivity index (χ2n) is 5.24. The highest BCUT2D eigenvalue weighted by molar-refractivity contribution is 5.83. The fraction of sp³-hybridized carbons (Fsp3) is 0.400. The van der Waals surface area contributed by atoms with Crippen LogP contribution in [0.15, 0.2) is 30.5 Å². The fourth-order valence-corrected chi connectivity index (χ4v) is 2.17. The van der Waals surface area contributed by atoms with E-state index in [1.165, 1.54) is 0 Å². The molecule has 2 aromatic rings. The number of carboxylic acid groups (broad SMARTS) is 1. The number of benzene rings is 1. The van der Waals surface area contributed by atoms with Gasteiger partial charge in [0.2, 0.25) is 0 Å². The molecule has 1 aromatic carbocycles. The zero-order chi connectivity index (χ0) is 13.3. The van der Waals surface area contributed by atoms with E-state index < -0.39 is 11.9 Å². The summed E-state index contributed by atoms with van der Waals surface area (Å²) in [6, 6.07) is 7.98. The van der Waals surface area contributed by atoms with Gasteiger partial charge < -0.3 is 9.67 Å². The normalized spacial score (nSPS) is 13.1. The van der Waals surface area contributed by atoms with E-state index in [2.05, 4.69) is 30.7 Å². The number of fused-ring (bicyclic) bond motifs is 1. The fourth-order valence-electron chi connectivity index (χ4n) is 2.17. The van der Waals surface area contributed by atoms with Crippen molar-refractivity contribution >= 4 is 16.9 Å². The van der Waals surface area contributed by atoms with Crippen molar-refractivity contribution in [1.29, 1.82) is 0 Å². The zero-order valence-corrected chi connectivity index (χ0v) is 11.1. The molecule has 96 valence electrons. The third-order valence-corrected chi connectivity index (χ3v) is 3.23. The van der Waals surface area contributed by atoms with Crippen molar-refractivity contribution in [1.82, 2.24) is 4.57 Å². The van der Waals surface area contributed by atoms with E-state index >= 15 is 0 Å². The van der Waals surface area contributed by atoms with Gasteiger partial charge in [0.05, 0.1) is 5.92 Å². The van der Waals surface area contributed by atoms with Gasteiger partial charge in [-0.05, 0) is 35.9 Å². The van der Waals surface area contributed by atoms with Crippen LogP contribution in [0.1, 0.15) is 32.3 Å². The summed E-state index contributed by atoms with van der Waals surface area (Å²) >= 11 is 0. The lowest BCUT2D eigenvalue weighted by Gasteiger charge is -2.11. The molecule has 2 rings (SSSR count). The van der Waals surface area contributed by atoms with Crippen molar-refractivity contribution in [3.8, 4) is 0 Å². The minimum absolute atomic E-state index is 0.461. The Morgan fingerprint density at radius 1 is 1.28 bits per heavy atom. The molecule has 0 amide bonds. The standard InChI is InChI=1S/C15H19NO2/c1-10(2)9-16-7-6-12-4-5-13(8-14(12)16)11(3)15(17)18/h4-8,10-11H,9H2,1-3H3,(H,17,18). The quantitative estimate of drug-likeness (QED) is 0.896. The topological polar surface area (TPSA) is 42.2 Å². The minimum atomic E-state index is -0.781. The first-order chi connectivity index (χ1) is 8.49. The first-order valence-corrected chi connectivity index (χ1v) is 6.30. The molecule has 3 nitrogen and oxygen atoms in total. The van der Waals surface area contributed by atoms with Crippen LogP contribution in [-0.2, 0) is 11.3 Å². The Balaban J connectivity index is 2.45. The van der Waals surface area contributed by atoms with Gasteiger partial charge in [0, 0.05) is 18.3 Å². The Kier molecular flexibility index (Phi) is 3.41. The second-order valence-corrected chi connectivity index (χ2v) is 5.24. The van der Waals surface area contributed by atoms with Crippen molar-refractivity contribution in [2.75, 3.05) is 0 Å². The molecule has 0 aliphatic rings. The molecule has 0 bridgehead atoms. The van der Waals surface area contributed by atoms with E-state index in [0.717, 1.165) is 23.0 Å². The van der Waals surface area contributed by atoms with Crippen LogP contribution in [0.3, 0.4) is 0 Å². The third kappa shape index (κ3) is 2.40. The summed E-state index contributed by atoms with van der Waals surface area (Å²) in [5.41, 5.74) is 1.98. The number of hydrogen-bond donors (Lipinski definition) is 1. The maximum atomic E-state index is 11.0. The SMILES string of the molecule is CC(C)Cn1ccc2ccc(C(C)C(=O)O)cc21. The third-order valence-electron chi connectivity index (χ3n) is 3.23. The van der Waals surface area contributed by atoms with Gasteiger partial charge in [-0.2, -0.15) is 0 Å². The lowest BCUT2D eigenvalue weighted by molar-refractivity contribution is -0.138. The predicted octanol–water partition coefficient (Wildman–Crippen LogP) is 3.49. The molecule has 0 saturated heterocycles. The van der Waals surface area contributed by atoms with Crippen molar-refractivity contribution in [3.05, 3.63) is 36.0 Å². The highest BCUT2D eigenvalue weighted by Crippen LogP contribution is 2.23. The maximum Gasteiger partial charge on any atom is 0.310 e. The van der Waals surface area contributed by atoms with E-state index in [4.69, 9.17) is 5.11 Å². The Hall–Kier alpha value is -1.77. The number of aromatic nitrogens is 1. The summed E-state index contributed by atoms with van der Waals surface area (Å²) in [4.78, 5) is 11.0. The molecule has 1 heterocycles. The van der Waals surface area contributed by atoms with Crippen LogP contribution < -0.4 is 0 Å².